The summed E-state index contributed by atoms with van der Waals surface area (Å²) >= 11 is 0. The molecule has 2 heterocycles. The van der Waals surface area contributed by atoms with Gasteiger partial charge in [0.2, 0.25) is 0 Å². The van der Waals surface area contributed by atoms with Crippen LogP contribution in [0, 0.1) is 0 Å². The van der Waals surface area contributed by atoms with Gasteiger partial charge in [-0.3, -0.25) is 5.01 Å². The minimum Gasteiger partial charge on any atom is -0.374 e. The highest BCUT2D eigenvalue weighted by Gasteiger charge is 2.24. The first-order valence-electron chi connectivity index (χ1n) is 4.04. The summed E-state index contributed by atoms with van der Waals surface area (Å²) in [6.45, 7) is 3.97. The highest BCUT2D eigenvalue weighted by Crippen LogP contribution is 2.12. The molecule has 2 rings (SSSR count). The molecule has 5 heteroatoms. The second-order valence-electron chi connectivity index (χ2n) is 2.81. The van der Waals surface area contributed by atoms with Crippen LogP contribution in [0.4, 0.5) is 0 Å². The monoisotopic (exact) mass is 171 g/mol. The van der Waals surface area contributed by atoms with Gasteiger partial charge in [-0.2, -0.15) is 0 Å². The van der Waals surface area contributed by atoms with Crippen LogP contribution in [0.2, 0.25) is 0 Å². The van der Waals surface area contributed by atoms with Crippen molar-refractivity contribution < 1.29 is 9.47 Å². The van der Waals surface area contributed by atoms with E-state index in [1.165, 1.54) is 0 Å². The van der Waals surface area contributed by atoms with Gasteiger partial charge in [0.1, 0.15) is 0 Å². The summed E-state index contributed by atoms with van der Waals surface area (Å²) in [7, 11) is 0. The van der Waals surface area contributed by atoms with E-state index in [2.05, 4.69) is 11.0 Å². The lowest BCUT2D eigenvalue weighted by molar-refractivity contribution is -0.156. The third-order valence-corrected chi connectivity index (χ3v) is 1.93. The van der Waals surface area contributed by atoms with E-state index in [0.29, 0.717) is 19.8 Å². The fourth-order valence-electron chi connectivity index (χ4n) is 1.29. The number of ether oxygens (including phenoxy) is 2. The Balaban J connectivity index is 1.94. The van der Waals surface area contributed by atoms with Crippen LogP contribution in [0.3, 0.4) is 0 Å². The van der Waals surface area contributed by atoms with E-state index < -0.39 is 0 Å². The second-order valence-corrected chi connectivity index (χ2v) is 2.81. The van der Waals surface area contributed by atoms with Crippen molar-refractivity contribution in [1.29, 1.82) is 0 Å². The third kappa shape index (κ3) is 1.38. The summed E-state index contributed by atoms with van der Waals surface area (Å²) in [4.78, 5) is 0. The molecule has 0 aromatic carbocycles. The van der Waals surface area contributed by atoms with Gasteiger partial charge in [-0.25, -0.2) is 0 Å². The Morgan fingerprint density at radius 3 is 3.08 bits per heavy atom. The summed E-state index contributed by atoms with van der Waals surface area (Å²) in [6, 6.07) is 0. The predicted molar refractivity (Wildman–Crippen MR) is 42.4 cm³/mol. The molecule has 68 valence electrons. The molecule has 0 aromatic rings. The molecular formula is C7H13N3O2. The van der Waals surface area contributed by atoms with Gasteiger partial charge in [-0.1, -0.05) is 0 Å². The van der Waals surface area contributed by atoms with Gasteiger partial charge in [0.15, 0.2) is 6.23 Å². The van der Waals surface area contributed by atoms with Gasteiger partial charge in [-0.05, 0) is 6.92 Å². The van der Waals surface area contributed by atoms with E-state index in [0.717, 1.165) is 5.70 Å². The summed E-state index contributed by atoms with van der Waals surface area (Å²) in [6.07, 6.45) is 1.88. The summed E-state index contributed by atoms with van der Waals surface area (Å²) in [5.41, 5.74) is 6.96. The molecule has 0 spiro atoms. The van der Waals surface area contributed by atoms with Gasteiger partial charge >= 0.3 is 0 Å². The molecule has 5 nitrogen and oxygen atoms in total. The molecule has 0 aromatic heterocycles. The molecule has 2 N–H and O–H groups in total. The van der Waals surface area contributed by atoms with E-state index >= 15 is 0 Å². The molecule has 1 unspecified atom stereocenters. The van der Waals surface area contributed by atoms with E-state index in [-0.39, 0.29) is 6.23 Å². The second kappa shape index (κ2) is 3.30. The van der Waals surface area contributed by atoms with Crippen LogP contribution < -0.4 is 11.0 Å². The SMILES string of the molecule is CC1=CNNN1C1COCCO1. The number of rotatable bonds is 1. The maximum absolute atomic E-state index is 5.49. The van der Waals surface area contributed by atoms with Crippen molar-refractivity contribution in [3.05, 3.63) is 11.9 Å². The maximum atomic E-state index is 5.49. The Morgan fingerprint density at radius 2 is 2.50 bits per heavy atom. The molecule has 2 aliphatic heterocycles. The predicted octanol–water partition coefficient (Wildman–Crippen LogP) is -0.455. The normalized spacial score (nSPS) is 29.9. The maximum Gasteiger partial charge on any atom is 0.168 e. The van der Waals surface area contributed by atoms with Crippen molar-refractivity contribution in [1.82, 2.24) is 16.0 Å². The first-order valence-corrected chi connectivity index (χ1v) is 4.04. The van der Waals surface area contributed by atoms with Crippen molar-refractivity contribution in [3.8, 4) is 0 Å². The van der Waals surface area contributed by atoms with Crippen molar-refractivity contribution in [3.63, 3.8) is 0 Å². The van der Waals surface area contributed by atoms with Gasteiger partial charge in [0.25, 0.3) is 0 Å². The van der Waals surface area contributed by atoms with Crippen LogP contribution in [0.15, 0.2) is 11.9 Å². The molecule has 2 aliphatic rings. The smallest absolute Gasteiger partial charge is 0.168 e. The van der Waals surface area contributed by atoms with Gasteiger partial charge in [0.05, 0.1) is 19.8 Å². The summed E-state index contributed by atoms with van der Waals surface area (Å²) < 4.78 is 10.8. The van der Waals surface area contributed by atoms with Crippen molar-refractivity contribution in [2.45, 2.75) is 13.2 Å². The number of hydrogen-bond donors (Lipinski definition) is 2. The number of hydrazine groups is 2. The Labute approximate surface area is 71.3 Å². The van der Waals surface area contributed by atoms with Crippen molar-refractivity contribution in [2.24, 2.45) is 0 Å². The molecule has 1 fully saturated rings. The highest BCUT2D eigenvalue weighted by atomic mass is 16.6. The fraction of sp³-hybridized carbons (Fsp3) is 0.714. The van der Waals surface area contributed by atoms with Gasteiger partial charge in [0, 0.05) is 11.9 Å². The van der Waals surface area contributed by atoms with Crippen LogP contribution in [0.5, 0.6) is 0 Å². The fourth-order valence-corrected chi connectivity index (χ4v) is 1.29. The molecule has 0 bridgehead atoms. The molecule has 0 aliphatic carbocycles. The Morgan fingerprint density at radius 1 is 1.58 bits per heavy atom. The summed E-state index contributed by atoms with van der Waals surface area (Å²) in [5.74, 6) is 0. The Hall–Kier alpha value is -0.780. The number of allylic oxidation sites excluding steroid dienone is 1. The molecule has 0 saturated carbocycles. The number of nitrogens with one attached hydrogen (secondary N) is 2. The van der Waals surface area contributed by atoms with E-state index in [1.807, 2.05) is 18.1 Å². The van der Waals surface area contributed by atoms with Crippen LogP contribution in [0.1, 0.15) is 6.92 Å². The average Bonchev–Trinajstić information content (AvgIpc) is 2.53. The average molecular weight is 171 g/mol. The van der Waals surface area contributed by atoms with E-state index in [1.54, 1.807) is 0 Å². The molecule has 1 saturated heterocycles. The van der Waals surface area contributed by atoms with Gasteiger partial charge in [-0.15, -0.1) is 5.53 Å². The van der Waals surface area contributed by atoms with Crippen molar-refractivity contribution in [2.75, 3.05) is 19.8 Å². The molecule has 1 atom stereocenters. The largest absolute Gasteiger partial charge is 0.374 e. The highest BCUT2D eigenvalue weighted by molar-refractivity contribution is 4.99. The van der Waals surface area contributed by atoms with E-state index in [4.69, 9.17) is 9.47 Å². The van der Waals surface area contributed by atoms with E-state index in [9.17, 15) is 0 Å². The third-order valence-electron chi connectivity index (χ3n) is 1.93. The zero-order valence-electron chi connectivity index (χ0n) is 7.04. The lowest BCUT2D eigenvalue weighted by Crippen LogP contribution is -2.49. The summed E-state index contributed by atoms with van der Waals surface area (Å²) in [5, 5.41) is 1.92. The van der Waals surface area contributed by atoms with Crippen molar-refractivity contribution >= 4 is 0 Å². The Bertz CT molecular complexity index is 189. The number of hydrogen-bond acceptors (Lipinski definition) is 5. The standard InChI is InChI=1S/C7H13N3O2/c1-6-4-8-9-10(6)7-5-11-2-3-12-7/h4,7-9H,2-3,5H2,1H3. The lowest BCUT2D eigenvalue weighted by atomic mass is 10.4. The quantitative estimate of drug-likeness (QED) is 0.559. The first kappa shape index (κ1) is 7.85. The molecular weight excluding hydrogens is 158 g/mol. The molecule has 0 radical (unpaired) electrons. The minimum atomic E-state index is -0.00926. The topological polar surface area (TPSA) is 45.8 Å². The molecule has 12 heavy (non-hydrogen) atoms. The first-order chi connectivity index (χ1) is 5.88. The van der Waals surface area contributed by atoms with Crippen LogP contribution in [-0.4, -0.2) is 31.1 Å². The zero-order valence-corrected chi connectivity index (χ0v) is 7.04. The minimum absolute atomic E-state index is 0.00926. The lowest BCUT2D eigenvalue weighted by Gasteiger charge is -2.32. The van der Waals surface area contributed by atoms with Crippen LogP contribution in [0.25, 0.3) is 0 Å². The van der Waals surface area contributed by atoms with Gasteiger partial charge < -0.3 is 14.9 Å². The van der Waals surface area contributed by atoms with Crippen LogP contribution in [-0.2, 0) is 9.47 Å². The van der Waals surface area contributed by atoms with Crippen LogP contribution >= 0.6 is 0 Å². The zero-order chi connectivity index (χ0) is 8.39. The Kier molecular flexibility index (Phi) is 2.16. The molecule has 0 amide bonds. The number of nitrogens with zero attached hydrogens (tertiary/aromatic N) is 1.